The average molecular weight is 281 g/mol. The van der Waals surface area contributed by atoms with E-state index in [0.29, 0.717) is 25.3 Å². The lowest BCUT2D eigenvalue weighted by molar-refractivity contribution is 0.0697. The topological polar surface area (TPSA) is 59.0 Å². The van der Waals surface area contributed by atoms with E-state index >= 15 is 0 Å². The van der Waals surface area contributed by atoms with Crippen molar-refractivity contribution >= 4 is 11.7 Å². The van der Waals surface area contributed by atoms with Crippen LogP contribution < -0.4 is 4.90 Å². The summed E-state index contributed by atoms with van der Waals surface area (Å²) in [5, 5.41) is 9.35. The minimum Gasteiger partial charge on any atom is -0.478 e. The molecule has 0 saturated heterocycles. The lowest BCUT2D eigenvalue weighted by Gasteiger charge is -2.27. The number of carboxylic acid groups (broad SMARTS) is 1. The lowest BCUT2D eigenvalue weighted by Crippen LogP contribution is -2.31. The molecule has 20 heavy (non-hydrogen) atoms. The number of carboxylic acids is 1. The van der Waals surface area contributed by atoms with Crippen molar-refractivity contribution in [3.8, 4) is 0 Å². The molecule has 0 atom stereocenters. The maximum atomic E-state index is 11.4. The van der Waals surface area contributed by atoms with Crippen LogP contribution in [0.3, 0.4) is 0 Å². The van der Waals surface area contributed by atoms with Crippen LogP contribution in [0.5, 0.6) is 0 Å². The molecule has 0 aliphatic carbocycles. The molecule has 0 bridgehead atoms. The Balaban J connectivity index is 3.01. The van der Waals surface area contributed by atoms with Gasteiger partial charge in [-0.1, -0.05) is 12.1 Å². The Labute approximate surface area is 120 Å². The number of aryl methyl sites for hydroxylation is 1. The fourth-order valence-electron chi connectivity index (χ4n) is 2.19. The minimum atomic E-state index is -0.905. The Morgan fingerprint density at radius 3 is 2.50 bits per heavy atom. The fourth-order valence-corrected chi connectivity index (χ4v) is 2.19. The molecule has 5 nitrogen and oxygen atoms in total. The maximum Gasteiger partial charge on any atom is 0.337 e. The van der Waals surface area contributed by atoms with E-state index in [-0.39, 0.29) is 0 Å². The molecule has 0 aromatic heterocycles. The van der Waals surface area contributed by atoms with Gasteiger partial charge in [0.1, 0.15) is 0 Å². The normalized spacial score (nSPS) is 10.6. The molecule has 112 valence electrons. The van der Waals surface area contributed by atoms with Crippen LogP contribution in [0.4, 0.5) is 5.69 Å². The standard InChI is InChI=1S/C15H23NO4/c1-12-6-4-7-13(15(17)18)14(12)16(9-11-20-3)8-5-10-19-2/h4,6-7H,5,8-11H2,1-3H3,(H,17,18). The first-order valence-corrected chi connectivity index (χ1v) is 6.67. The number of hydrogen-bond acceptors (Lipinski definition) is 4. The molecule has 0 radical (unpaired) electrons. The van der Waals surface area contributed by atoms with E-state index in [2.05, 4.69) is 4.90 Å². The molecule has 0 amide bonds. The number of ether oxygens (including phenoxy) is 2. The van der Waals surface area contributed by atoms with E-state index in [0.717, 1.165) is 24.2 Å². The van der Waals surface area contributed by atoms with E-state index in [1.807, 2.05) is 13.0 Å². The number of rotatable bonds is 9. The smallest absolute Gasteiger partial charge is 0.337 e. The van der Waals surface area contributed by atoms with Gasteiger partial charge in [0, 0.05) is 33.9 Å². The Bertz CT molecular complexity index is 434. The summed E-state index contributed by atoms with van der Waals surface area (Å²) in [5.41, 5.74) is 2.06. The molecule has 0 unspecified atom stereocenters. The van der Waals surface area contributed by atoms with Gasteiger partial charge in [0.25, 0.3) is 0 Å². The number of aromatic carboxylic acids is 1. The van der Waals surface area contributed by atoms with Gasteiger partial charge in [-0.3, -0.25) is 0 Å². The summed E-state index contributed by atoms with van der Waals surface area (Å²) in [6.45, 7) is 4.53. The Morgan fingerprint density at radius 2 is 1.90 bits per heavy atom. The van der Waals surface area contributed by atoms with Gasteiger partial charge < -0.3 is 19.5 Å². The number of anilines is 1. The predicted octanol–water partition coefficient (Wildman–Crippen LogP) is 2.18. The summed E-state index contributed by atoms with van der Waals surface area (Å²) in [5.74, 6) is -0.905. The van der Waals surface area contributed by atoms with Crippen molar-refractivity contribution in [2.45, 2.75) is 13.3 Å². The third-order valence-electron chi connectivity index (χ3n) is 3.13. The summed E-state index contributed by atoms with van der Waals surface area (Å²) in [6.07, 6.45) is 0.841. The summed E-state index contributed by atoms with van der Waals surface area (Å²) < 4.78 is 10.2. The van der Waals surface area contributed by atoms with E-state index in [1.54, 1.807) is 26.4 Å². The monoisotopic (exact) mass is 281 g/mol. The van der Waals surface area contributed by atoms with Crippen molar-refractivity contribution < 1.29 is 19.4 Å². The number of nitrogens with zero attached hydrogens (tertiary/aromatic N) is 1. The average Bonchev–Trinajstić information content (AvgIpc) is 2.43. The zero-order chi connectivity index (χ0) is 15.0. The minimum absolute atomic E-state index is 0.332. The first-order valence-electron chi connectivity index (χ1n) is 6.67. The van der Waals surface area contributed by atoms with Gasteiger partial charge >= 0.3 is 5.97 Å². The first-order chi connectivity index (χ1) is 9.61. The molecule has 0 fully saturated rings. The second-order valence-electron chi connectivity index (χ2n) is 4.60. The zero-order valence-electron chi connectivity index (χ0n) is 12.4. The third kappa shape index (κ3) is 4.51. The van der Waals surface area contributed by atoms with E-state index in [4.69, 9.17) is 9.47 Å². The molecule has 1 aromatic carbocycles. The number of methoxy groups -OCH3 is 2. The molecule has 0 aliphatic heterocycles. The molecular weight excluding hydrogens is 258 g/mol. The van der Waals surface area contributed by atoms with Gasteiger partial charge in [0.05, 0.1) is 17.9 Å². The van der Waals surface area contributed by atoms with Crippen LogP contribution in [0.25, 0.3) is 0 Å². The van der Waals surface area contributed by atoms with Crippen molar-refractivity contribution in [3.63, 3.8) is 0 Å². The van der Waals surface area contributed by atoms with Gasteiger partial charge in [-0.25, -0.2) is 4.79 Å². The van der Waals surface area contributed by atoms with E-state index in [9.17, 15) is 9.90 Å². The molecule has 1 aromatic rings. The molecule has 5 heteroatoms. The van der Waals surface area contributed by atoms with Crippen LogP contribution in [0.2, 0.25) is 0 Å². The lowest BCUT2D eigenvalue weighted by atomic mass is 10.1. The summed E-state index contributed by atoms with van der Waals surface area (Å²) in [7, 11) is 3.30. The van der Waals surface area contributed by atoms with Crippen molar-refractivity contribution in [1.29, 1.82) is 0 Å². The van der Waals surface area contributed by atoms with Gasteiger partial charge in [0.2, 0.25) is 0 Å². The first kappa shape index (κ1) is 16.5. The molecule has 1 N–H and O–H groups in total. The van der Waals surface area contributed by atoms with Crippen LogP contribution in [-0.4, -0.2) is 51.6 Å². The zero-order valence-corrected chi connectivity index (χ0v) is 12.4. The van der Waals surface area contributed by atoms with Crippen molar-refractivity contribution in [2.75, 3.05) is 45.4 Å². The Hall–Kier alpha value is -1.59. The second kappa shape index (κ2) is 8.55. The third-order valence-corrected chi connectivity index (χ3v) is 3.13. The van der Waals surface area contributed by atoms with E-state index < -0.39 is 5.97 Å². The molecule has 0 saturated carbocycles. The second-order valence-corrected chi connectivity index (χ2v) is 4.60. The number of carbonyl (C=O) groups is 1. The Kier molecular flexibility index (Phi) is 7.04. The Morgan fingerprint density at radius 1 is 1.20 bits per heavy atom. The van der Waals surface area contributed by atoms with Crippen LogP contribution >= 0.6 is 0 Å². The van der Waals surface area contributed by atoms with E-state index in [1.165, 1.54) is 0 Å². The maximum absolute atomic E-state index is 11.4. The van der Waals surface area contributed by atoms with Crippen molar-refractivity contribution in [1.82, 2.24) is 0 Å². The molecule has 0 spiro atoms. The molecular formula is C15H23NO4. The molecule has 0 heterocycles. The van der Waals surface area contributed by atoms with Gasteiger partial charge in [-0.2, -0.15) is 0 Å². The van der Waals surface area contributed by atoms with Crippen LogP contribution in [0, 0.1) is 6.92 Å². The van der Waals surface area contributed by atoms with Gasteiger partial charge in [-0.15, -0.1) is 0 Å². The summed E-state index contributed by atoms with van der Waals surface area (Å²) >= 11 is 0. The number of benzene rings is 1. The number of hydrogen-bond donors (Lipinski definition) is 1. The highest BCUT2D eigenvalue weighted by Crippen LogP contribution is 2.25. The highest BCUT2D eigenvalue weighted by molar-refractivity contribution is 5.95. The fraction of sp³-hybridized carbons (Fsp3) is 0.533. The quantitative estimate of drug-likeness (QED) is 0.703. The van der Waals surface area contributed by atoms with Crippen LogP contribution in [0.1, 0.15) is 22.3 Å². The van der Waals surface area contributed by atoms with Gasteiger partial charge in [0.15, 0.2) is 0 Å². The highest BCUT2D eigenvalue weighted by atomic mass is 16.5. The predicted molar refractivity (Wildman–Crippen MR) is 78.7 cm³/mol. The summed E-state index contributed by atoms with van der Waals surface area (Å²) in [4.78, 5) is 13.5. The number of para-hydroxylation sites is 1. The molecule has 0 aliphatic rings. The largest absolute Gasteiger partial charge is 0.478 e. The van der Waals surface area contributed by atoms with Crippen LogP contribution in [0.15, 0.2) is 18.2 Å². The van der Waals surface area contributed by atoms with Crippen molar-refractivity contribution in [2.24, 2.45) is 0 Å². The summed E-state index contributed by atoms with van der Waals surface area (Å²) in [6, 6.07) is 5.34. The SMILES string of the molecule is COCCCN(CCOC)c1c(C)cccc1C(=O)O. The van der Waals surface area contributed by atoms with Crippen LogP contribution in [-0.2, 0) is 9.47 Å². The molecule has 1 rings (SSSR count). The highest BCUT2D eigenvalue weighted by Gasteiger charge is 2.17. The van der Waals surface area contributed by atoms with Crippen molar-refractivity contribution in [3.05, 3.63) is 29.3 Å². The van der Waals surface area contributed by atoms with Gasteiger partial charge in [-0.05, 0) is 25.0 Å².